The summed E-state index contributed by atoms with van der Waals surface area (Å²) in [4.78, 5) is 19.3. The molecule has 0 saturated heterocycles. The van der Waals surface area contributed by atoms with E-state index in [0.717, 1.165) is 0 Å². The van der Waals surface area contributed by atoms with Gasteiger partial charge in [-0.2, -0.15) is 13.2 Å². The van der Waals surface area contributed by atoms with Gasteiger partial charge in [-0.1, -0.05) is 24.3 Å². The van der Waals surface area contributed by atoms with Crippen LogP contribution < -0.4 is 5.73 Å². The molecule has 0 amide bonds. The smallest absolute Gasteiger partial charge is 0.419 e. The normalized spacial score (nSPS) is 12.7. The molecule has 6 nitrogen and oxygen atoms in total. The molecule has 0 fully saturated rings. The lowest BCUT2D eigenvalue weighted by atomic mass is 9.99. The first-order valence-electron chi connectivity index (χ1n) is 8.66. The van der Waals surface area contributed by atoms with Crippen LogP contribution in [0.5, 0.6) is 0 Å². The zero-order valence-corrected chi connectivity index (χ0v) is 16.1. The minimum atomic E-state index is -4.63. The number of carboxylic acids is 1. The topological polar surface area (TPSA) is 93.5 Å². The van der Waals surface area contributed by atoms with Crippen LogP contribution in [-0.2, 0) is 17.4 Å². The highest BCUT2D eigenvalue weighted by molar-refractivity contribution is 5.92. The van der Waals surface area contributed by atoms with E-state index in [1.54, 1.807) is 30.5 Å². The van der Waals surface area contributed by atoms with Crippen LogP contribution in [-0.4, -0.2) is 31.5 Å². The standard InChI is InChI=1S/C20H15F3N4O2.ClH/c21-20(22,23)16-13-4-2-1-3-11(13)10-26-17(16)14-6-5-12(9-15(24)19(28)29)27-8-7-25-18(14)27;/h1-8,10,15H,9,24H2,(H,28,29);1H. The number of nitrogens with zero attached hydrogens (tertiary/aromatic N) is 3. The Morgan fingerprint density at radius 1 is 1.17 bits per heavy atom. The van der Waals surface area contributed by atoms with Crippen LogP contribution >= 0.6 is 12.4 Å². The molecular weight excluding hydrogens is 421 g/mol. The van der Waals surface area contributed by atoms with Crippen LogP contribution in [0, 0.1) is 0 Å². The molecule has 3 heterocycles. The van der Waals surface area contributed by atoms with Crippen LogP contribution in [0.15, 0.2) is 55.0 Å². The van der Waals surface area contributed by atoms with Gasteiger partial charge in [-0.25, -0.2) is 4.98 Å². The van der Waals surface area contributed by atoms with Gasteiger partial charge in [0.05, 0.1) is 11.3 Å². The number of alkyl halides is 3. The Bertz CT molecular complexity index is 1240. The predicted octanol–water partition coefficient (Wildman–Crippen LogP) is 3.94. The van der Waals surface area contributed by atoms with E-state index in [9.17, 15) is 18.0 Å². The Labute approximate surface area is 174 Å². The fraction of sp³-hybridized carbons (Fsp3) is 0.150. The number of hydrogen-bond acceptors (Lipinski definition) is 4. The van der Waals surface area contributed by atoms with E-state index in [1.165, 1.54) is 28.9 Å². The molecule has 0 radical (unpaired) electrons. The largest absolute Gasteiger partial charge is 0.480 e. The third-order valence-corrected chi connectivity index (χ3v) is 4.72. The summed E-state index contributed by atoms with van der Waals surface area (Å²) in [7, 11) is 0. The lowest BCUT2D eigenvalue weighted by molar-refractivity contribution is -0.138. The molecule has 0 bridgehead atoms. The fourth-order valence-electron chi connectivity index (χ4n) is 3.39. The zero-order chi connectivity index (χ0) is 20.8. The maximum Gasteiger partial charge on any atom is 0.419 e. The summed E-state index contributed by atoms with van der Waals surface area (Å²) in [6.45, 7) is 0. The van der Waals surface area contributed by atoms with Crippen molar-refractivity contribution in [3.05, 3.63) is 66.2 Å². The summed E-state index contributed by atoms with van der Waals surface area (Å²) < 4.78 is 43.5. The van der Waals surface area contributed by atoms with Crippen molar-refractivity contribution in [2.75, 3.05) is 0 Å². The lowest BCUT2D eigenvalue weighted by Gasteiger charge is -2.17. The van der Waals surface area contributed by atoms with E-state index >= 15 is 0 Å². The van der Waals surface area contributed by atoms with Gasteiger partial charge in [0, 0.05) is 41.7 Å². The van der Waals surface area contributed by atoms with Gasteiger partial charge < -0.3 is 15.2 Å². The van der Waals surface area contributed by atoms with Gasteiger partial charge in [0.15, 0.2) is 0 Å². The summed E-state index contributed by atoms with van der Waals surface area (Å²) in [6, 6.07) is 8.05. The first-order chi connectivity index (χ1) is 13.8. The highest BCUT2D eigenvalue weighted by Crippen LogP contribution is 2.41. The summed E-state index contributed by atoms with van der Waals surface area (Å²) in [5.41, 5.74) is 5.49. The Hall–Kier alpha value is -3.17. The zero-order valence-electron chi connectivity index (χ0n) is 15.3. The molecule has 0 aliphatic heterocycles. The summed E-state index contributed by atoms with van der Waals surface area (Å²) in [5.74, 6) is -1.17. The first kappa shape index (κ1) is 21.5. The maximum atomic E-state index is 14.0. The van der Waals surface area contributed by atoms with E-state index in [0.29, 0.717) is 11.1 Å². The Morgan fingerprint density at radius 3 is 2.60 bits per heavy atom. The van der Waals surface area contributed by atoms with Crippen molar-refractivity contribution in [1.29, 1.82) is 0 Å². The monoisotopic (exact) mass is 436 g/mol. The molecule has 0 spiro atoms. The van der Waals surface area contributed by atoms with Gasteiger partial charge in [-0.3, -0.25) is 9.78 Å². The molecule has 156 valence electrons. The van der Waals surface area contributed by atoms with Gasteiger partial charge in [-0.15, -0.1) is 12.4 Å². The van der Waals surface area contributed by atoms with Crippen LogP contribution in [0.25, 0.3) is 27.7 Å². The number of nitrogens with two attached hydrogens (primary N) is 1. The Kier molecular flexibility index (Phi) is 5.69. The number of fused-ring (bicyclic) bond motifs is 2. The molecular formula is C20H16ClF3N4O2. The van der Waals surface area contributed by atoms with Gasteiger partial charge in [0.25, 0.3) is 0 Å². The average molecular weight is 437 g/mol. The number of benzene rings is 1. The second-order valence-corrected chi connectivity index (χ2v) is 6.57. The van der Waals surface area contributed by atoms with Crippen molar-refractivity contribution >= 4 is 34.8 Å². The number of aromatic nitrogens is 3. The number of halogens is 4. The van der Waals surface area contributed by atoms with Crippen molar-refractivity contribution in [2.45, 2.75) is 18.6 Å². The predicted molar refractivity (Wildman–Crippen MR) is 107 cm³/mol. The van der Waals surface area contributed by atoms with Crippen molar-refractivity contribution in [3.63, 3.8) is 0 Å². The number of carboxylic acid groups (broad SMARTS) is 1. The molecule has 4 rings (SSSR count). The highest BCUT2D eigenvalue weighted by atomic mass is 35.5. The second kappa shape index (κ2) is 7.92. The number of imidazole rings is 1. The molecule has 1 atom stereocenters. The van der Waals surface area contributed by atoms with Crippen molar-refractivity contribution in [1.82, 2.24) is 14.4 Å². The lowest BCUT2D eigenvalue weighted by Crippen LogP contribution is -2.32. The first-order valence-corrected chi connectivity index (χ1v) is 8.66. The van der Waals surface area contributed by atoms with E-state index in [4.69, 9.17) is 10.8 Å². The molecule has 0 saturated carbocycles. The maximum absolute atomic E-state index is 14.0. The van der Waals surface area contributed by atoms with Crippen LogP contribution in [0.3, 0.4) is 0 Å². The number of rotatable bonds is 4. The van der Waals surface area contributed by atoms with E-state index in [-0.39, 0.29) is 41.1 Å². The quantitative estimate of drug-likeness (QED) is 0.505. The van der Waals surface area contributed by atoms with Crippen molar-refractivity contribution in [2.24, 2.45) is 5.73 Å². The van der Waals surface area contributed by atoms with Gasteiger partial charge in [0.2, 0.25) is 0 Å². The molecule has 0 aliphatic rings. The number of carbonyl (C=O) groups is 1. The average Bonchev–Trinajstić information content (AvgIpc) is 3.16. The second-order valence-electron chi connectivity index (χ2n) is 6.57. The third kappa shape index (κ3) is 3.69. The van der Waals surface area contributed by atoms with E-state index in [1.807, 2.05) is 0 Å². The Morgan fingerprint density at radius 2 is 1.90 bits per heavy atom. The van der Waals surface area contributed by atoms with Crippen LogP contribution in [0.2, 0.25) is 0 Å². The molecule has 3 N–H and O–H groups in total. The minimum absolute atomic E-state index is 0. The highest BCUT2D eigenvalue weighted by Gasteiger charge is 2.37. The molecule has 0 aliphatic carbocycles. The molecule has 30 heavy (non-hydrogen) atoms. The van der Waals surface area contributed by atoms with Crippen molar-refractivity contribution in [3.8, 4) is 11.3 Å². The Balaban J connectivity index is 0.00000256. The fourth-order valence-corrected chi connectivity index (χ4v) is 3.39. The summed E-state index contributed by atoms with van der Waals surface area (Å²) in [5, 5.41) is 9.47. The summed E-state index contributed by atoms with van der Waals surface area (Å²) in [6.07, 6.45) is -0.246. The van der Waals surface area contributed by atoms with E-state index in [2.05, 4.69) is 9.97 Å². The van der Waals surface area contributed by atoms with Crippen LogP contribution in [0.4, 0.5) is 13.2 Å². The van der Waals surface area contributed by atoms with Gasteiger partial charge in [-0.05, 0) is 17.5 Å². The number of hydrogen-bond donors (Lipinski definition) is 2. The number of aliphatic carboxylic acids is 1. The molecule has 1 aromatic carbocycles. The van der Waals surface area contributed by atoms with E-state index < -0.39 is 23.8 Å². The molecule has 3 aromatic heterocycles. The molecule has 4 aromatic rings. The number of pyridine rings is 2. The summed E-state index contributed by atoms with van der Waals surface area (Å²) >= 11 is 0. The van der Waals surface area contributed by atoms with Crippen LogP contribution in [0.1, 0.15) is 11.3 Å². The minimum Gasteiger partial charge on any atom is -0.480 e. The third-order valence-electron chi connectivity index (χ3n) is 4.72. The SMILES string of the molecule is Cl.NC(Cc1ccc(-c2ncc3ccccc3c2C(F)(F)F)c2nccn12)C(=O)O. The van der Waals surface area contributed by atoms with Crippen molar-refractivity contribution < 1.29 is 23.1 Å². The van der Waals surface area contributed by atoms with Gasteiger partial charge >= 0.3 is 12.1 Å². The van der Waals surface area contributed by atoms with Gasteiger partial charge in [0.1, 0.15) is 11.7 Å². The molecule has 1 unspecified atom stereocenters. The molecule has 10 heteroatoms.